The van der Waals surface area contributed by atoms with Crippen LogP contribution >= 0.6 is 0 Å². The van der Waals surface area contributed by atoms with Crippen molar-refractivity contribution < 1.29 is 24.7 Å². The van der Waals surface area contributed by atoms with Gasteiger partial charge >= 0.3 is 5.97 Å². The molecule has 0 fully saturated rings. The van der Waals surface area contributed by atoms with Gasteiger partial charge < -0.3 is 15.5 Å². The highest BCUT2D eigenvalue weighted by atomic mass is 16.6. The smallest absolute Gasteiger partial charge is 0.326 e. The molecule has 1 atom stereocenters. The number of amides is 1. The number of nitro groups is 1. The largest absolute Gasteiger partial charge is 0.480 e. The van der Waals surface area contributed by atoms with Gasteiger partial charge in [0.15, 0.2) is 0 Å². The van der Waals surface area contributed by atoms with Gasteiger partial charge in [0.2, 0.25) is 0 Å². The quantitative estimate of drug-likeness (QED) is 0.513. The van der Waals surface area contributed by atoms with Crippen molar-refractivity contribution in [2.24, 2.45) is 0 Å². The summed E-state index contributed by atoms with van der Waals surface area (Å²) in [5, 5.41) is 30.6. The number of nitrogens with zero attached hydrogens (tertiary/aromatic N) is 1. The maximum absolute atomic E-state index is 12.0. The molecule has 0 spiro atoms. The number of aliphatic carboxylic acids is 1. The van der Waals surface area contributed by atoms with E-state index in [0.717, 1.165) is 0 Å². The van der Waals surface area contributed by atoms with Crippen molar-refractivity contribution in [3.05, 3.63) is 39.4 Å². The van der Waals surface area contributed by atoms with Gasteiger partial charge in [-0.1, -0.05) is 6.07 Å². The zero-order valence-corrected chi connectivity index (χ0v) is 10.7. The fourth-order valence-corrected chi connectivity index (χ4v) is 1.69. The van der Waals surface area contributed by atoms with Crippen molar-refractivity contribution in [2.45, 2.75) is 19.4 Å². The number of nitrogens with one attached hydrogen (secondary N) is 1. The molecule has 8 nitrogen and oxygen atoms in total. The van der Waals surface area contributed by atoms with Crippen LogP contribution in [0.3, 0.4) is 0 Å². The first-order valence-corrected chi connectivity index (χ1v) is 5.77. The summed E-state index contributed by atoms with van der Waals surface area (Å²) in [4.78, 5) is 33.0. The first-order chi connectivity index (χ1) is 9.38. The molecule has 20 heavy (non-hydrogen) atoms. The summed E-state index contributed by atoms with van der Waals surface area (Å²) < 4.78 is 0. The number of aliphatic hydroxyl groups excluding tert-OH is 1. The van der Waals surface area contributed by atoms with Crippen LogP contribution in [0.5, 0.6) is 0 Å². The Kier molecular flexibility index (Phi) is 5.15. The SMILES string of the molecule is Cc1c(C(=O)N[C@H](CCO)C(=O)O)cccc1[N+](=O)[O-]. The lowest BCUT2D eigenvalue weighted by Gasteiger charge is -2.14. The Morgan fingerprint density at radius 3 is 2.60 bits per heavy atom. The van der Waals surface area contributed by atoms with Gasteiger partial charge in [0.25, 0.3) is 11.6 Å². The Labute approximate surface area is 114 Å². The molecule has 0 aromatic heterocycles. The van der Waals surface area contributed by atoms with Crippen LogP contribution in [0.1, 0.15) is 22.3 Å². The van der Waals surface area contributed by atoms with E-state index in [2.05, 4.69) is 5.32 Å². The van der Waals surface area contributed by atoms with E-state index in [1.165, 1.54) is 25.1 Å². The Morgan fingerprint density at radius 2 is 2.10 bits per heavy atom. The maximum atomic E-state index is 12.0. The van der Waals surface area contributed by atoms with Crippen molar-refractivity contribution in [3.8, 4) is 0 Å². The van der Waals surface area contributed by atoms with Crippen LogP contribution in [-0.4, -0.2) is 39.7 Å². The molecule has 1 rings (SSSR count). The van der Waals surface area contributed by atoms with Crippen LogP contribution in [0.15, 0.2) is 18.2 Å². The molecule has 0 saturated heterocycles. The van der Waals surface area contributed by atoms with Crippen molar-refractivity contribution in [3.63, 3.8) is 0 Å². The molecule has 8 heteroatoms. The van der Waals surface area contributed by atoms with E-state index in [9.17, 15) is 19.7 Å². The fourth-order valence-electron chi connectivity index (χ4n) is 1.69. The second-order valence-corrected chi connectivity index (χ2v) is 4.08. The Hall–Kier alpha value is -2.48. The minimum Gasteiger partial charge on any atom is -0.480 e. The van der Waals surface area contributed by atoms with Crippen LogP contribution in [-0.2, 0) is 4.79 Å². The number of hydrogen-bond donors (Lipinski definition) is 3. The maximum Gasteiger partial charge on any atom is 0.326 e. The van der Waals surface area contributed by atoms with E-state index in [1.54, 1.807) is 0 Å². The lowest BCUT2D eigenvalue weighted by Crippen LogP contribution is -2.41. The third-order valence-electron chi connectivity index (χ3n) is 2.77. The number of nitro benzene ring substituents is 1. The molecular weight excluding hydrogens is 268 g/mol. The van der Waals surface area contributed by atoms with E-state index in [-0.39, 0.29) is 23.2 Å². The predicted octanol–water partition coefficient (Wildman–Crippen LogP) is 0.469. The van der Waals surface area contributed by atoms with Crippen LogP contribution < -0.4 is 5.32 Å². The molecule has 0 unspecified atom stereocenters. The molecule has 0 aliphatic heterocycles. The van der Waals surface area contributed by atoms with Gasteiger partial charge in [-0.05, 0) is 13.0 Å². The van der Waals surface area contributed by atoms with E-state index in [1.807, 2.05) is 0 Å². The third kappa shape index (κ3) is 3.51. The van der Waals surface area contributed by atoms with Crippen molar-refractivity contribution in [1.82, 2.24) is 5.32 Å². The Bertz CT molecular complexity index is 543. The number of aliphatic hydroxyl groups is 1. The second-order valence-electron chi connectivity index (χ2n) is 4.08. The number of carbonyl (C=O) groups is 2. The molecule has 1 amide bonds. The predicted molar refractivity (Wildman–Crippen MR) is 68.4 cm³/mol. The van der Waals surface area contributed by atoms with Gasteiger partial charge in [0.1, 0.15) is 6.04 Å². The fraction of sp³-hybridized carbons (Fsp3) is 0.333. The number of carbonyl (C=O) groups excluding carboxylic acids is 1. The van der Waals surface area contributed by atoms with E-state index in [4.69, 9.17) is 10.2 Å². The average Bonchev–Trinajstić information content (AvgIpc) is 2.37. The van der Waals surface area contributed by atoms with Gasteiger partial charge in [0, 0.05) is 30.2 Å². The van der Waals surface area contributed by atoms with Crippen LogP contribution in [0.2, 0.25) is 0 Å². The summed E-state index contributed by atoms with van der Waals surface area (Å²) >= 11 is 0. The van der Waals surface area contributed by atoms with Crippen LogP contribution in [0.25, 0.3) is 0 Å². The van der Waals surface area contributed by atoms with E-state index in [0.29, 0.717) is 0 Å². The molecule has 3 N–H and O–H groups in total. The highest BCUT2D eigenvalue weighted by Crippen LogP contribution is 2.21. The first-order valence-electron chi connectivity index (χ1n) is 5.77. The Balaban J connectivity index is 3.00. The summed E-state index contributed by atoms with van der Waals surface area (Å²) in [7, 11) is 0. The average molecular weight is 282 g/mol. The minimum absolute atomic E-state index is 0.0309. The van der Waals surface area contributed by atoms with E-state index >= 15 is 0 Å². The van der Waals surface area contributed by atoms with Gasteiger partial charge in [0.05, 0.1) is 4.92 Å². The molecule has 0 aliphatic rings. The van der Waals surface area contributed by atoms with Crippen LogP contribution in [0.4, 0.5) is 5.69 Å². The third-order valence-corrected chi connectivity index (χ3v) is 2.77. The summed E-state index contributed by atoms with van der Waals surface area (Å²) in [6.07, 6.45) is -0.144. The molecule has 1 aromatic rings. The normalized spacial score (nSPS) is 11.7. The molecule has 0 heterocycles. The molecule has 0 radical (unpaired) electrons. The molecule has 108 valence electrons. The zero-order valence-electron chi connectivity index (χ0n) is 10.7. The summed E-state index contributed by atoms with van der Waals surface area (Å²) in [5.74, 6) is -2.01. The molecular formula is C12H14N2O6. The van der Waals surface area contributed by atoms with Gasteiger partial charge in [-0.3, -0.25) is 14.9 Å². The minimum atomic E-state index is -1.28. The number of carboxylic acid groups (broad SMARTS) is 1. The standard InChI is InChI=1S/C12H14N2O6/c1-7-8(3-2-4-10(7)14(19)20)11(16)13-9(5-6-15)12(17)18/h2-4,9,15H,5-6H2,1H3,(H,13,16)(H,17,18)/t9-/m1/s1. The van der Waals surface area contributed by atoms with E-state index < -0.39 is 29.4 Å². The van der Waals surface area contributed by atoms with Gasteiger partial charge in [-0.15, -0.1) is 0 Å². The molecule has 0 saturated carbocycles. The number of rotatable bonds is 6. The summed E-state index contributed by atoms with van der Waals surface area (Å²) in [6.45, 7) is 1.01. The molecule has 0 bridgehead atoms. The lowest BCUT2D eigenvalue weighted by molar-refractivity contribution is -0.385. The number of benzene rings is 1. The van der Waals surface area contributed by atoms with Gasteiger partial charge in [-0.25, -0.2) is 4.79 Å². The number of carboxylic acids is 1. The topological polar surface area (TPSA) is 130 Å². The monoisotopic (exact) mass is 282 g/mol. The molecule has 1 aromatic carbocycles. The summed E-state index contributed by atoms with van der Waals surface area (Å²) in [5.41, 5.74) is -0.0294. The molecule has 0 aliphatic carbocycles. The Morgan fingerprint density at radius 1 is 1.45 bits per heavy atom. The summed E-state index contributed by atoms with van der Waals surface area (Å²) in [6, 6.07) is 2.73. The highest BCUT2D eigenvalue weighted by Gasteiger charge is 2.23. The lowest BCUT2D eigenvalue weighted by atomic mass is 10.1. The second kappa shape index (κ2) is 6.62. The zero-order chi connectivity index (χ0) is 15.3. The van der Waals surface area contributed by atoms with Crippen LogP contribution in [0, 0.1) is 17.0 Å². The van der Waals surface area contributed by atoms with Gasteiger partial charge in [-0.2, -0.15) is 0 Å². The van der Waals surface area contributed by atoms with Crippen molar-refractivity contribution in [1.29, 1.82) is 0 Å². The van der Waals surface area contributed by atoms with Crippen molar-refractivity contribution >= 4 is 17.6 Å². The number of hydrogen-bond acceptors (Lipinski definition) is 5. The first kappa shape index (κ1) is 15.6. The van der Waals surface area contributed by atoms with Crippen molar-refractivity contribution in [2.75, 3.05) is 6.61 Å². The highest BCUT2D eigenvalue weighted by molar-refractivity contribution is 5.98.